The topological polar surface area (TPSA) is 35.2 Å². The molecular weight excluding hydrogens is 242 g/mol. The third-order valence-corrected chi connectivity index (χ3v) is 1.68. The fraction of sp³-hybridized carbons (Fsp3) is 0.143. The van der Waals surface area contributed by atoms with Crippen molar-refractivity contribution in [2.45, 2.75) is 6.18 Å². The van der Waals surface area contributed by atoms with Gasteiger partial charge in [-0.3, -0.25) is 0 Å². The third kappa shape index (κ3) is 2.94. The van der Waals surface area contributed by atoms with Crippen molar-refractivity contribution in [2.75, 3.05) is 0 Å². The normalized spacial score (nSPS) is 10.6. The van der Waals surface area contributed by atoms with E-state index in [1.165, 1.54) is 0 Å². The van der Waals surface area contributed by atoms with Crippen LogP contribution in [0.5, 0.6) is 5.75 Å². The largest absolute Gasteiger partial charge is 0.416 e. The van der Waals surface area contributed by atoms with E-state index in [0.717, 1.165) is 18.2 Å². The van der Waals surface area contributed by atoms with Gasteiger partial charge in [0.05, 0.1) is 10.6 Å². The molecule has 1 aromatic rings. The molecule has 0 aliphatic rings. The maximum Gasteiger partial charge on any atom is 0.416 e. The minimum Gasteiger partial charge on any atom is -0.410 e. The zero-order valence-electron chi connectivity index (χ0n) is 6.64. The van der Waals surface area contributed by atoms with Gasteiger partial charge >= 0.3 is 6.18 Å². The summed E-state index contributed by atoms with van der Waals surface area (Å²) in [5.74, 6) is 4.75. The van der Waals surface area contributed by atoms with E-state index in [-0.39, 0.29) is 23.2 Å². The Bertz CT molecular complexity index is 316. The second kappa shape index (κ2) is 4.72. The molecular formula is C7H6Cl2F3NO. The highest BCUT2D eigenvalue weighted by Crippen LogP contribution is 2.34. The van der Waals surface area contributed by atoms with E-state index in [4.69, 9.17) is 17.5 Å². The SMILES string of the molecule is Cl.NOc1ccc(C(F)(F)F)cc1Cl. The molecule has 0 amide bonds. The van der Waals surface area contributed by atoms with Gasteiger partial charge in [0, 0.05) is 0 Å². The number of halogens is 5. The van der Waals surface area contributed by atoms with Crippen LogP contribution in [0.2, 0.25) is 5.02 Å². The van der Waals surface area contributed by atoms with Crippen LogP contribution in [0.25, 0.3) is 0 Å². The lowest BCUT2D eigenvalue weighted by Crippen LogP contribution is -2.06. The molecule has 0 bridgehead atoms. The van der Waals surface area contributed by atoms with Crippen LogP contribution in [0.3, 0.4) is 0 Å². The third-order valence-electron chi connectivity index (χ3n) is 1.39. The summed E-state index contributed by atoms with van der Waals surface area (Å²) in [6.45, 7) is 0. The number of hydrogen-bond donors (Lipinski definition) is 1. The molecule has 0 aromatic heterocycles. The minimum atomic E-state index is -4.41. The van der Waals surface area contributed by atoms with Gasteiger partial charge in [0.15, 0.2) is 5.75 Å². The van der Waals surface area contributed by atoms with Gasteiger partial charge < -0.3 is 4.84 Å². The zero-order valence-corrected chi connectivity index (χ0v) is 8.21. The smallest absolute Gasteiger partial charge is 0.410 e. The Morgan fingerprint density at radius 1 is 1.29 bits per heavy atom. The van der Waals surface area contributed by atoms with Crippen molar-refractivity contribution in [2.24, 2.45) is 5.90 Å². The Kier molecular flexibility index (Phi) is 4.51. The van der Waals surface area contributed by atoms with Crippen LogP contribution < -0.4 is 10.7 Å². The van der Waals surface area contributed by atoms with Gasteiger partial charge in [0.2, 0.25) is 0 Å². The Hall–Kier alpha value is -0.650. The average molecular weight is 248 g/mol. The van der Waals surface area contributed by atoms with E-state index in [1.807, 2.05) is 0 Å². The lowest BCUT2D eigenvalue weighted by molar-refractivity contribution is -0.137. The quantitative estimate of drug-likeness (QED) is 0.775. The summed E-state index contributed by atoms with van der Waals surface area (Å²) in [5.41, 5.74) is -0.835. The maximum absolute atomic E-state index is 12.1. The van der Waals surface area contributed by atoms with E-state index in [1.54, 1.807) is 0 Å². The summed E-state index contributed by atoms with van der Waals surface area (Å²) in [7, 11) is 0. The molecule has 2 nitrogen and oxygen atoms in total. The van der Waals surface area contributed by atoms with Crippen LogP contribution >= 0.6 is 24.0 Å². The second-order valence-electron chi connectivity index (χ2n) is 2.26. The van der Waals surface area contributed by atoms with Gasteiger partial charge in [-0.1, -0.05) is 11.6 Å². The van der Waals surface area contributed by atoms with Crippen molar-refractivity contribution in [3.63, 3.8) is 0 Å². The van der Waals surface area contributed by atoms with Crippen molar-refractivity contribution >= 4 is 24.0 Å². The summed E-state index contributed by atoms with van der Waals surface area (Å²) in [4.78, 5) is 4.21. The summed E-state index contributed by atoms with van der Waals surface area (Å²) in [6, 6.07) is 2.66. The zero-order chi connectivity index (χ0) is 10.1. The van der Waals surface area contributed by atoms with Crippen molar-refractivity contribution in [3.05, 3.63) is 28.8 Å². The minimum absolute atomic E-state index is 0. The highest BCUT2D eigenvalue weighted by molar-refractivity contribution is 6.32. The molecule has 14 heavy (non-hydrogen) atoms. The lowest BCUT2D eigenvalue weighted by Gasteiger charge is -2.08. The first-order valence-electron chi connectivity index (χ1n) is 3.18. The van der Waals surface area contributed by atoms with Crippen LogP contribution in [0, 0.1) is 0 Å². The van der Waals surface area contributed by atoms with E-state index < -0.39 is 11.7 Å². The molecule has 0 heterocycles. The van der Waals surface area contributed by atoms with Crippen LogP contribution in [0.1, 0.15) is 5.56 Å². The van der Waals surface area contributed by atoms with Crippen LogP contribution in [0.4, 0.5) is 13.2 Å². The first-order chi connectivity index (χ1) is 5.95. The van der Waals surface area contributed by atoms with Gasteiger partial charge in [0.25, 0.3) is 0 Å². The highest BCUT2D eigenvalue weighted by atomic mass is 35.5. The van der Waals surface area contributed by atoms with Crippen molar-refractivity contribution in [3.8, 4) is 5.75 Å². The Morgan fingerprint density at radius 3 is 2.21 bits per heavy atom. The molecule has 0 fully saturated rings. The van der Waals surface area contributed by atoms with E-state index in [2.05, 4.69) is 4.84 Å². The molecule has 0 aliphatic heterocycles. The molecule has 7 heteroatoms. The van der Waals surface area contributed by atoms with E-state index >= 15 is 0 Å². The highest BCUT2D eigenvalue weighted by Gasteiger charge is 2.30. The molecule has 0 spiro atoms. The van der Waals surface area contributed by atoms with Gasteiger partial charge in [-0.25, -0.2) is 0 Å². The maximum atomic E-state index is 12.1. The summed E-state index contributed by atoms with van der Waals surface area (Å²) in [5, 5.41) is -0.169. The van der Waals surface area contributed by atoms with E-state index in [0.29, 0.717) is 0 Å². The predicted molar refractivity (Wildman–Crippen MR) is 48.5 cm³/mol. The molecule has 0 radical (unpaired) electrons. The molecule has 0 atom stereocenters. The molecule has 80 valence electrons. The molecule has 2 N–H and O–H groups in total. The fourth-order valence-electron chi connectivity index (χ4n) is 0.773. The van der Waals surface area contributed by atoms with Gasteiger partial charge in [0.1, 0.15) is 0 Å². The lowest BCUT2D eigenvalue weighted by atomic mass is 10.2. The summed E-state index contributed by atoms with van der Waals surface area (Å²) in [6.07, 6.45) is -4.41. The molecule has 1 rings (SSSR count). The number of rotatable bonds is 1. The first-order valence-corrected chi connectivity index (χ1v) is 3.56. The Balaban J connectivity index is 0.00000169. The standard InChI is InChI=1S/C7H5ClF3NO.ClH/c8-5-3-4(7(9,10)11)1-2-6(5)13-12;/h1-3H,12H2;1H. The van der Waals surface area contributed by atoms with Crippen molar-refractivity contribution < 1.29 is 18.0 Å². The molecule has 0 saturated heterocycles. The van der Waals surface area contributed by atoms with Crippen LogP contribution in [0.15, 0.2) is 18.2 Å². The molecule has 0 saturated carbocycles. The molecule has 1 aromatic carbocycles. The summed E-state index contributed by atoms with van der Waals surface area (Å²) >= 11 is 5.43. The van der Waals surface area contributed by atoms with Crippen molar-refractivity contribution in [1.29, 1.82) is 0 Å². The van der Waals surface area contributed by atoms with Crippen LogP contribution in [-0.2, 0) is 6.18 Å². The van der Waals surface area contributed by atoms with Crippen LogP contribution in [-0.4, -0.2) is 0 Å². The predicted octanol–water partition coefficient (Wildman–Crippen LogP) is 3.03. The van der Waals surface area contributed by atoms with Crippen molar-refractivity contribution in [1.82, 2.24) is 0 Å². The summed E-state index contributed by atoms with van der Waals surface area (Å²) < 4.78 is 36.2. The number of benzene rings is 1. The van der Waals surface area contributed by atoms with Gasteiger partial charge in [-0.15, -0.1) is 12.4 Å². The second-order valence-corrected chi connectivity index (χ2v) is 2.67. The number of alkyl halides is 3. The fourth-order valence-corrected chi connectivity index (χ4v) is 0.998. The molecule has 0 unspecified atom stereocenters. The van der Waals surface area contributed by atoms with Gasteiger partial charge in [-0.05, 0) is 18.2 Å². The average Bonchev–Trinajstić information content (AvgIpc) is 2.02. The number of hydrogen-bond acceptors (Lipinski definition) is 2. The Labute approximate surface area is 89.2 Å². The number of nitrogens with two attached hydrogens (primary N) is 1. The Morgan fingerprint density at radius 2 is 1.86 bits per heavy atom. The van der Waals surface area contributed by atoms with E-state index in [9.17, 15) is 13.2 Å². The monoisotopic (exact) mass is 247 g/mol. The molecule has 0 aliphatic carbocycles. The first kappa shape index (κ1) is 13.4. The van der Waals surface area contributed by atoms with Gasteiger partial charge in [-0.2, -0.15) is 19.1 Å².